The second-order valence-electron chi connectivity index (χ2n) is 8.61. The van der Waals surface area contributed by atoms with Crippen LogP contribution in [0.15, 0.2) is 60.7 Å². The average Bonchev–Trinajstić information content (AvgIpc) is 2.83. The summed E-state index contributed by atoms with van der Waals surface area (Å²) in [7, 11) is 2.23. The van der Waals surface area contributed by atoms with Gasteiger partial charge in [-0.05, 0) is 62.8 Å². The molecule has 0 heterocycles. The molecule has 3 heteroatoms. The lowest BCUT2D eigenvalue weighted by Gasteiger charge is -2.28. The molecule has 0 N–H and O–H groups in total. The van der Waals surface area contributed by atoms with Crippen LogP contribution in [0.25, 0.3) is 0 Å². The van der Waals surface area contributed by atoms with E-state index in [1.54, 1.807) is 24.8 Å². The van der Waals surface area contributed by atoms with E-state index in [1.165, 1.54) is 76.5 Å². The Balaban J connectivity index is 2.06. The molecule has 0 spiro atoms. The summed E-state index contributed by atoms with van der Waals surface area (Å²) in [5, 5.41) is 3.19. The molecule has 2 nitrogen and oxygen atoms in total. The number of hydrogen-bond donors (Lipinski definition) is 0. The minimum absolute atomic E-state index is 0.898. The lowest BCUT2D eigenvalue weighted by molar-refractivity contribution is 0.192. The normalized spacial score (nSPS) is 11.7. The fourth-order valence-corrected chi connectivity index (χ4v) is 9.09. The smallest absolute Gasteiger partial charge is 0.0991 e. The van der Waals surface area contributed by atoms with Gasteiger partial charge in [-0.1, -0.05) is 62.1 Å². The van der Waals surface area contributed by atoms with Gasteiger partial charge in [0.1, 0.15) is 0 Å². The van der Waals surface area contributed by atoms with Gasteiger partial charge < -0.3 is 9.47 Å². The van der Waals surface area contributed by atoms with E-state index in [4.69, 9.17) is 9.47 Å². The monoisotopic (exact) mass is 443 g/mol. The minimum atomic E-state index is -1.37. The van der Waals surface area contributed by atoms with Crippen molar-refractivity contribution in [2.75, 3.05) is 39.8 Å². The molecule has 0 atom stereocenters. The third-order valence-electron chi connectivity index (χ3n) is 6.28. The van der Waals surface area contributed by atoms with Crippen LogP contribution in [-0.2, 0) is 9.47 Å². The van der Waals surface area contributed by atoms with E-state index in [0.717, 1.165) is 13.2 Å². The Morgan fingerprint density at radius 1 is 0.484 bits per heavy atom. The molecule has 0 saturated carbocycles. The van der Waals surface area contributed by atoms with Gasteiger partial charge >= 0.3 is 0 Å². The Kier molecular flexibility index (Phi) is 13.8. The van der Waals surface area contributed by atoms with Crippen LogP contribution in [0.3, 0.4) is 0 Å². The zero-order valence-corrected chi connectivity index (χ0v) is 20.8. The molecule has 0 amide bonds. The standard InChI is InChI=1S/C28H44O2P/c1-29-23-15-5-3-7-17-25-31(27-19-11-9-12-20-27,28-21-13-10-14-22-28)26-18-8-4-6-16-24-30-2/h9-14,19-22H,3-8,15-18,23-26H2,1-2H3/q+1. The first-order valence-electron chi connectivity index (χ1n) is 12.3. The predicted molar refractivity (Wildman–Crippen MR) is 139 cm³/mol. The van der Waals surface area contributed by atoms with Gasteiger partial charge in [-0.15, -0.1) is 0 Å². The van der Waals surface area contributed by atoms with Crippen LogP contribution >= 0.6 is 7.26 Å². The largest absolute Gasteiger partial charge is 0.385 e. The van der Waals surface area contributed by atoms with Gasteiger partial charge in [0.2, 0.25) is 0 Å². The number of rotatable bonds is 18. The van der Waals surface area contributed by atoms with Gasteiger partial charge in [0.15, 0.2) is 0 Å². The average molecular weight is 444 g/mol. The van der Waals surface area contributed by atoms with E-state index >= 15 is 0 Å². The molecule has 2 aromatic rings. The number of ether oxygens (including phenoxy) is 2. The molecular formula is C28H44O2P+. The van der Waals surface area contributed by atoms with Crippen LogP contribution in [0.1, 0.15) is 64.2 Å². The highest BCUT2D eigenvalue weighted by atomic mass is 31.2. The summed E-state index contributed by atoms with van der Waals surface area (Å²) < 4.78 is 10.4. The second-order valence-corrected chi connectivity index (χ2v) is 12.5. The topological polar surface area (TPSA) is 18.5 Å². The Morgan fingerprint density at radius 2 is 0.839 bits per heavy atom. The van der Waals surface area contributed by atoms with E-state index in [9.17, 15) is 0 Å². The summed E-state index contributed by atoms with van der Waals surface area (Å²) in [4.78, 5) is 0. The summed E-state index contributed by atoms with van der Waals surface area (Å²) in [5.74, 6) is 0. The first-order valence-corrected chi connectivity index (χ1v) is 14.5. The summed E-state index contributed by atoms with van der Waals surface area (Å²) in [6.07, 6.45) is 15.6. The van der Waals surface area contributed by atoms with E-state index in [-0.39, 0.29) is 0 Å². The molecule has 172 valence electrons. The van der Waals surface area contributed by atoms with Crippen molar-refractivity contribution in [2.45, 2.75) is 64.2 Å². The lowest BCUT2D eigenvalue weighted by atomic mass is 10.2. The quantitative estimate of drug-likeness (QED) is 0.185. The molecule has 0 bridgehead atoms. The Labute approximate surface area is 192 Å². The van der Waals surface area contributed by atoms with Crippen LogP contribution in [0.2, 0.25) is 0 Å². The Morgan fingerprint density at radius 3 is 1.23 bits per heavy atom. The molecule has 0 aromatic heterocycles. The lowest BCUT2D eigenvalue weighted by Crippen LogP contribution is -2.27. The van der Waals surface area contributed by atoms with E-state index < -0.39 is 7.26 Å². The van der Waals surface area contributed by atoms with Crippen LogP contribution in [-0.4, -0.2) is 39.8 Å². The van der Waals surface area contributed by atoms with Crippen molar-refractivity contribution in [3.63, 3.8) is 0 Å². The van der Waals surface area contributed by atoms with E-state index in [1.807, 2.05) is 0 Å². The van der Waals surface area contributed by atoms with Crippen molar-refractivity contribution in [2.24, 2.45) is 0 Å². The number of methoxy groups -OCH3 is 2. The van der Waals surface area contributed by atoms with Gasteiger partial charge in [-0.2, -0.15) is 0 Å². The summed E-state index contributed by atoms with van der Waals surface area (Å²) >= 11 is 0. The molecule has 0 aliphatic rings. The number of unbranched alkanes of at least 4 members (excludes halogenated alkanes) is 8. The van der Waals surface area contributed by atoms with Crippen molar-refractivity contribution in [3.05, 3.63) is 60.7 Å². The second kappa shape index (κ2) is 16.4. The van der Waals surface area contributed by atoms with Gasteiger partial charge in [-0.25, -0.2) is 0 Å². The zero-order chi connectivity index (χ0) is 22.0. The molecule has 2 rings (SSSR count). The van der Waals surface area contributed by atoms with Crippen molar-refractivity contribution >= 4 is 17.9 Å². The van der Waals surface area contributed by atoms with E-state index in [0.29, 0.717) is 0 Å². The van der Waals surface area contributed by atoms with Crippen LogP contribution in [0.4, 0.5) is 0 Å². The van der Waals surface area contributed by atoms with Crippen LogP contribution in [0.5, 0.6) is 0 Å². The molecule has 0 aliphatic carbocycles. The molecule has 0 aliphatic heterocycles. The first-order chi connectivity index (χ1) is 15.3. The third kappa shape index (κ3) is 9.44. The first kappa shape index (κ1) is 26.0. The summed E-state index contributed by atoms with van der Waals surface area (Å²) in [6, 6.07) is 22.9. The molecular weight excluding hydrogens is 399 g/mol. The fourth-order valence-electron chi connectivity index (χ4n) is 4.52. The fraction of sp³-hybridized carbons (Fsp3) is 0.571. The van der Waals surface area contributed by atoms with Crippen molar-refractivity contribution < 1.29 is 9.47 Å². The van der Waals surface area contributed by atoms with Gasteiger partial charge in [0.25, 0.3) is 0 Å². The molecule has 31 heavy (non-hydrogen) atoms. The molecule has 0 unspecified atom stereocenters. The maximum absolute atomic E-state index is 5.20. The van der Waals surface area contributed by atoms with Crippen molar-refractivity contribution in [1.82, 2.24) is 0 Å². The predicted octanol–water partition coefficient (Wildman–Crippen LogP) is 6.85. The SMILES string of the molecule is COCCCCCCC[P+](CCCCCCCOC)(c1ccccc1)c1ccccc1. The van der Waals surface area contributed by atoms with Gasteiger partial charge in [0.05, 0.1) is 30.2 Å². The third-order valence-corrected chi connectivity index (χ3v) is 11.0. The van der Waals surface area contributed by atoms with Crippen molar-refractivity contribution in [3.8, 4) is 0 Å². The van der Waals surface area contributed by atoms with Gasteiger partial charge in [0, 0.05) is 27.4 Å². The highest BCUT2D eigenvalue weighted by molar-refractivity contribution is 7.89. The molecule has 0 radical (unpaired) electrons. The molecule has 2 aromatic carbocycles. The van der Waals surface area contributed by atoms with Crippen molar-refractivity contribution in [1.29, 1.82) is 0 Å². The zero-order valence-electron chi connectivity index (χ0n) is 19.9. The maximum atomic E-state index is 5.20. The highest BCUT2D eigenvalue weighted by Gasteiger charge is 2.41. The minimum Gasteiger partial charge on any atom is -0.385 e. The maximum Gasteiger partial charge on any atom is 0.0991 e. The highest BCUT2D eigenvalue weighted by Crippen LogP contribution is 2.57. The Hall–Kier alpha value is -1.21. The van der Waals surface area contributed by atoms with Gasteiger partial charge in [-0.3, -0.25) is 0 Å². The summed E-state index contributed by atoms with van der Waals surface area (Å²) in [6.45, 7) is 1.80. The molecule has 0 fully saturated rings. The Bertz CT molecular complexity index is 600. The summed E-state index contributed by atoms with van der Waals surface area (Å²) in [5.41, 5.74) is 0. The van der Waals surface area contributed by atoms with E-state index in [2.05, 4.69) is 60.7 Å². The van der Waals surface area contributed by atoms with Crippen LogP contribution in [0, 0.1) is 0 Å². The number of benzene rings is 2. The molecule has 0 saturated heterocycles. The number of hydrogen-bond acceptors (Lipinski definition) is 2. The van der Waals surface area contributed by atoms with Crippen LogP contribution < -0.4 is 10.6 Å².